The Hall–Kier alpha value is -3.15. The van der Waals surface area contributed by atoms with Gasteiger partial charge in [0.05, 0.1) is 27.9 Å². The number of hydrogen-bond donors (Lipinski definition) is 1. The van der Waals surface area contributed by atoms with E-state index >= 15 is 0 Å². The molecule has 2 aromatic carbocycles. The van der Waals surface area contributed by atoms with E-state index in [1.54, 1.807) is 27.4 Å². The molecular weight excluding hydrogens is 346 g/mol. The molecule has 1 aliphatic rings. The van der Waals surface area contributed by atoms with Gasteiger partial charge in [0, 0.05) is 19.0 Å². The fourth-order valence-corrected chi connectivity index (χ4v) is 2.97. The number of methoxy groups -OCH3 is 3. The third-order valence-electron chi connectivity index (χ3n) is 4.33. The van der Waals surface area contributed by atoms with E-state index in [2.05, 4.69) is 5.32 Å². The van der Waals surface area contributed by atoms with Crippen molar-refractivity contribution in [3.05, 3.63) is 53.1 Å². The maximum Gasteiger partial charge on any atom is 0.244 e. The molecule has 2 aromatic rings. The van der Waals surface area contributed by atoms with E-state index < -0.39 is 0 Å². The molecule has 0 unspecified atom stereocenters. The van der Waals surface area contributed by atoms with Crippen molar-refractivity contribution in [2.75, 3.05) is 27.9 Å². The molecule has 0 aromatic heterocycles. The average molecular weight is 369 g/mol. The lowest BCUT2D eigenvalue weighted by atomic mass is 10.1. The third-order valence-corrected chi connectivity index (χ3v) is 4.33. The predicted molar refractivity (Wildman–Crippen MR) is 103 cm³/mol. The summed E-state index contributed by atoms with van der Waals surface area (Å²) in [4.78, 5) is 12.1. The van der Waals surface area contributed by atoms with Crippen LogP contribution in [0, 0.1) is 0 Å². The smallest absolute Gasteiger partial charge is 0.244 e. The van der Waals surface area contributed by atoms with Gasteiger partial charge in [-0.15, -0.1) is 0 Å². The first kappa shape index (κ1) is 18.6. The largest absolute Gasteiger partial charge is 0.493 e. The summed E-state index contributed by atoms with van der Waals surface area (Å²) in [6.45, 7) is 1.07. The highest BCUT2D eigenvalue weighted by molar-refractivity contribution is 5.91. The first-order chi connectivity index (χ1) is 13.1. The second kappa shape index (κ2) is 8.49. The van der Waals surface area contributed by atoms with Gasteiger partial charge >= 0.3 is 0 Å². The molecule has 1 aliphatic heterocycles. The van der Waals surface area contributed by atoms with Gasteiger partial charge in [0.2, 0.25) is 11.7 Å². The Kier molecular flexibility index (Phi) is 5.86. The van der Waals surface area contributed by atoms with Gasteiger partial charge in [-0.3, -0.25) is 4.79 Å². The monoisotopic (exact) mass is 369 g/mol. The number of fused-ring (bicyclic) bond motifs is 1. The third kappa shape index (κ3) is 4.34. The molecule has 0 saturated carbocycles. The minimum atomic E-state index is -0.180. The molecule has 0 atom stereocenters. The van der Waals surface area contributed by atoms with E-state index in [0.29, 0.717) is 23.8 Å². The van der Waals surface area contributed by atoms with Gasteiger partial charge in [-0.25, -0.2) is 0 Å². The molecule has 6 nitrogen and oxygen atoms in total. The maximum atomic E-state index is 12.1. The van der Waals surface area contributed by atoms with Crippen LogP contribution in [0.4, 0.5) is 0 Å². The molecule has 27 heavy (non-hydrogen) atoms. The van der Waals surface area contributed by atoms with Crippen molar-refractivity contribution in [1.29, 1.82) is 0 Å². The molecule has 6 heteroatoms. The van der Waals surface area contributed by atoms with Crippen LogP contribution in [0.25, 0.3) is 6.08 Å². The summed E-state index contributed by atoms with van der Waals surface area (Å²) in [5, 5.41) is 2.86. The Balaban J connectivity index is 1.63. The molecular formula is C21H23NO5. The number of nitrogens with one attached hydrogen (secondary N) is 1. The molecule has 0 fully saturated rings. The zero-order chi connectivity index (χ0) is 19.2. The summed E-state index contributed by atoms with van der Waals surface area (Å²) in [5.74, 6) is 2.38. The minimum absolute atomic E-state index is 0.180. The SMILES string of the molecule is COc1cc(CNC(=O)C=Cc2ccc3c(c2)CCO3)cc(OC)c1OC. The van der Waals surface area contributed by atoms with Crippen LogP contribution in [-0.4, -0.2) is 33.8 Å². The van der Waals surface area contributed by atoms with Crippen LogP contribution in [-0.2, 0) is 17.8 Å². The Bertz CT molecular complexity index is 835. The quantitative estimate of drug-likeness (QED) is 0.760. The highest BCUT2D eigenvalue weighted by Gasteiger charge is 2.13. The average Bonchev–Trinajstić information content (AvgIpc) is 3.17. The van der Waals surface area contributed by atoms with Crippen LogP contribution in [0.1, 0.15) is 16.7 Å². The van der Waals surface area contributed by atoms with Crippen molar-refractivity contribution in [1.82, 2.24) is 5.32 Å². The van der Waals surface area contributed by atoms with E-state index in [1.807, 2.05) is 30.3 Å². The standard InChI is InChI=1S/C21H23NO5/c1-24-18-11-15(12-19(25-2)21(18)26-3)13-22-20(23)7-5-14-4-6-17-16(10-14)8-9-27-17/h4-7,10-12H,8-9,13H2,1-3H3,(H,22,23). The Labute approximate surface area is 158 Å². The minimum Gasteiger partial charge on any atom is -0.493 e. The summed E-state index contributed by atoms with van der Waals surface area (Å²) in [7, 11) is 4.67. The molecule has 0 saturated heterocycles. The van der Waals surface area contributed by atoms with E-state index in [9.17, 15) is 4.79 Å². The van der Waals surface area contributed by atoms with Crippen LogP contribution >= 0.6 is 0 Å². The maximum absolute atomic E-state index is 12.1. The molecule has 0 bridgehead atoms. The second-order valence-electron chi connectivity index (χ2n) is 6.05. The van der Waals surface area contributed by atoms with E-state index in [1.165, 1.54) is 11.6 Å². The number of amides is 1. The fourth-order valence-electron chi connectivity index (χ4n) is 2.97. The summed E-state index contributed by atoms with van der Waals surface area (Å²) in [5.41, 5.74) is 3.00. The van der Waals surface area contributed by atoms with Crippen molar-refractivity contribution in [2.24, 2.45) is 0 Å². The lowest BCUT2D eigenvalue weighted by Gasteiger charge is -2.14. The molecule has 0 spiro atoms. The van der Waals surface area contributed by atoms with E-state index in [4.69, 9.17) is 18.9 Å². The number of hydrogen-bond acceptors (Lipinski definition) is 5. The highest BCUT2D eigenvalue weighted by Crippen LogP contribution is 2.38. The molecule has 0 radical (unpaired) electrons. The predicted octanol–water partition coefficient (Wildman–Crippen LogP) is 2.98. The van der Waals surface area contributed by atoms with Gasteiger partial charge in [0.1, 0.15) is 5.75 Å². The first-order valence-electron chi connectivity index (χ1n) is 8.65. The van der Waals surface area contributed by atoms with Gasteiger partial charge in [0.15, 0.2) is 11.5 Å². The summed E-state index contributed by atoms with van der Waals surface area (Å²) in [6.07, 6.45) is 4.23. The lowest BCUT2D eigenvalue weighted by Crippen LogP contribution is -2.20. The van der Waals surface area contributed by atoms with Gasteiger partial charge in [0.25, 0.3) is 0 Å². The van der Waals surface area contributed by atoms with Crippen LogP contribution in [0.2, 0.25) is 0 Å². The number of benzene rings is 2. The molecule has 1 amide bonds. The fraction of sp³-hybridized carbons (Fsp3) is 0.286. The highest BCUT2D eigenvalue weighted by atomic mass is 16.5. The van der Waals surface area contributed by atoms with Crippen molar-refractivity contribution in [3.8, 4) is 23.0 Å². The number of rotatable bonds is 7. The first-order valence-corrected chi connectivity index (χ1v) is 8.65. The van der Waals surface area contributed by atoms with E-state index in [-0.39, 0.29) is 5.91 Å². The summed E-state index contributed by atoms with van der Waals surface area (Å²) in [6, 6.07) is 9.55. The van der Waals surface area contributed by atoms with Gasteiger partial charge in [-0.05, 0) is 47.0 Å². The van der Waals surface area contributed by atoms with Crippen molar-refractivity contribution >= 4 is 12.0 Å². The topological polar surface area (TPSA) is 66.0 Å². The normalized spacial score (nSPS) is 12.4. The summed E-state index contributed by atoms with van der Waals surface area (Å²) < 4.78 is 21.4. The number of carbonyl (C=O) groups is 1. The Morgan fingerprint density at radius 1 is 1.11 bits per heavy atom. The number of ether oxygens (including phenoxy) is 4. The molecule has 1 heterocycles. The number of carbonyl (C=O) groups excluding carboxylic acids is 1. The van der Waals surface area contributed by atoms with Crippen molar-refractivity contribution in [3.63, 3.8) is 0 Å². The summed E-state index contributed by atoms with van der Waals surface area (Å²) >= 11 is 0. The molecule has 0 aliphatic carbocycles. The van der Waals surface area contributed by atoms with Crippen LogP contribution in [0.3, 0.4) is 0 Å². The lowest BCUT2D eigenvalue weighted by molar-refractivity contribution is -0.116. The molecule has 1 N–H and O–H groups in total. The van der Waals surface area contributed by atoms with Crippen LogP contribution < -0.4 is 24.3 Å². The second-order valence-corrected chi connectivity index (χ2v) is 6.05. The van der Waals surface area contributed by atoms with Gasteiger partial charge in [-0.1, -0.05) is 6.07 Å². The van der Waals surface area contributed by atoms with Crippen molar-refractivity contribution in [2.45, 2.75) is 13.0 Å². The Morgan fingerprint density at radius 2 is 1.85 bits per heavy atom. The Morgan fingerprint density at radius 3 is 2.52 bits per heavy atom. The van der Waals surface area contributed by atoms with Crippen LogP contribution in [0.15, 0.2) is 36.4 Å². The molecule has 3 rings (SSSR count). The molecule has 142 valence electrons. The zero-order valence-corrected chi connectivity index (χ0v) is 15.7. The zero-order valence-electron chi connectivity index (χ0n) is 15.7. The van der Waals surface area contributed by atoms with Gasteiger partial charge in [-0.2, -0.15) is 0 Å². The van der Waals surface area contributed by atoms with Crippen LogP contribution in [0.5, 0.6) is 23.0 Å². The van der Waals surface area contributed by atoms with Gasteiger partial charge < -0.3 is 24.3 Å². The van der Waals surface area contributed by atoms with Crippen molar-refractivity contribution < 1.29 is 23.7 Å². The van der Waals surface area contributed by atoms with E-state index in [0.717, 1.165) is 29.9 Å².